The van der Waals surface area contributed by atoms with E-state index in [1.54, 1.807) is 16.7 Å². The van der Waals surface area contributed by atoms with Gasteiger partial charge in [0.1, 0.15) is 0 Å². The van der Waals surface area contributed by atoms with Gasteiger partial charge in [0.15, 0.2) is 0 Å². The zero-order chi connectivity index (χ0) is 19.7. The SMILES string of the molecule is CC(=O)N1c2ccc(-c3ccc(C)cc3)cc2N(C(=O)OC(C)C)CC1C. The number of rotatable bonds is 2. The molecule has 1 atom stereocenters. The fourth-order valence-electron chi connectivity index (χ4n) is 3.47. The normalized spacial score (nSPS) is 16.3. The Hall–Kier alpha value is -2.82. The van der Waals surface area contributed by atoms with Crippen molar-refractivity contribution in [3.63, 3.8) is 0 Å². The Kier molecular flexibility index (Phi) is 5.22. The van der Waals surface area contributed by atoms with Crippen molar-refractivity contribution in [2.45, 2.75) is 46.8 Å². The predicted octanol–water partition coefficient (Wildman–Crippen LogP) is 4.77. The Labute approximate surface area is 160 Å². The van der Waals surface area contributed by atoms with Crippen LogP contribution in [-0.4, -0.2) is 30.7 Å². The van der Waals surface area contributed by atoms with Gasteiger partial charge in [-0.25, -0.2) is 4.79 Å². The van der Waals surface area contributed by atoms with Crippen LogP contribution < -0.4 is 9.80 Å². The molecule has 1 heterocycles. The van der Waals surface area contributed by atoms with Gasteiger partial charge in [0.05, 0.1) is 23.5 Å². The molecule has 1 unspecified atom stereocenters. The van der Waals surface area contributed by atoms with Crippen molar-refractivity contribution in [2.75, 3.05) is 16.3 Å². The Balaban J connectivity index is 2.09. The zero-order valence-electron chi connectivity index (χ0n) is 16.5. The third kappa shape index (κ3) is 3.82. The number of amides is 2. The van der Waals surface area contributed by atoms with Gasteiger partial charge in [-0.1, -0.05) is 35.9 Å². The molecule has 0 fully saturated rings. The molecule has 0 aliphatic carbocycles. The molecule has 0 spiro atoms. The molecule has 27 heavy (non-hydrogen) atoms. The van der Waals surface area contributed by atoms with Gasteiger partial charge in [0.25, 0.3) is 0 Å². The van der Waals surface area contributed by atoms with Crippen molar-refractivity contribution < 1.29 is 14.3 Å². The maximum Gasteiger partial charge on any atom is 0.414 e. The Morgan fingerprint density at radius 1 is 1.04 bits per heavy atom. The summed E-state index contributed by atoms with van der Waals surface area (Å²) in [4.78, 5) is 28.3. The number of hydrogen-bond donors (Lipinski definition) is 0. The van der Waals surface area contributed by atoms with Gasteiger partial charge < -0.3 is 9.64 Å². The smallest absolute Gasteiger partial charge is 0.414 e. The molecule has 2 aromatic carbocycles. The van der Waals surface area contributed by atoms with E-state index >= 15 is 0 Å². The van der Waals surface area contributed by atoms with E-state index in [9.17, 15) is 9.59 Å². The number of aryl methyl sites for hydroxylation is 1. The summed E-state index contributed by atoms with van der Waals surface area (Å²) >= 11 is 0. The number of ether oxygens (including phenoxy) is 1. The summed E-state index contributed by atoms with van der Waals surface area (Å²) in [5.74, 6) is -0.0382. The van der Waals surface area contributed by atoms with Crippen LogP contribution in [0.4, 0.5) is 16.2 Å². The third-order valence-corrected chi connectivity index (χ3v) is 4.69. The highest BCUT2D eigenvalue weighted by Crippen LogP contribution is 2.39. The Bertz CT molecular complexity index is 858. The monoisotopic (exact) mass is 366 g/mol. The van der Waals surface area contributed by atoms with Crippen molar-refractivity contribution >= 4 is 23.4 Å². The van der Waals surface area contributed by atoms with Gasteiger partial charge in [0.2, 0.25) is 5.91 Å². The summed E-state index contributed by atoms with van der Waals surface area (Å²) in [5, 5.41) is 0. The molecule has 1 aliphatic heterocycles. The lowest BCUT2D eigenvalue weighted by atomic mass is 10.00. The molecule has 0 saturated heterocycles. The van der Waals surface area contributed by atoms with E-state index in [2.05, 4.69) is 24.3 Å². The minimum Gasteiger partial charge on any atom is -0.446 e. The molecular formula is C22H26N2O3. The minimum atomic E-state index is -0.387. The first kappa shape index (κ1) is 19.0. The molecule has 0 radical (unpaired) electrons. The molecule has 0 aromatic heterocycles. The van der Waals surface area contributed by atoms with Crippen molar-refractivity contribution in [3.05, 3.63) is 48.0 Å². The molecule has 2 aromatic rings. The van der Waals surface area contributed by atoms with Crippen LogP contribution in [0, 0.1) is 6.92 Å². The van der Waals surface area contributed by atoms with Gasteiger partial charge >= 0.3 is 6.09 Å². The molecule has 5 heteroatoms. The van der Waals surface area contributed by atoms with Crippen molar-refractivity contribution in [1.82, 2.24) is 0 Å². The molecule has 142 valence electrons. The summed E-state index contributed by atoms with van der Waals surface area (Å²) in [7, 11) is 0. The molecule has 2 amide bonds. The van der Waals surface area contributed by atoms with Crippen LogP contribution in [0.1, 0.15) is 33.3 Å². The predicted molar refractivity (Wildman–Crippen MR) is 108 cm³/mol. The van der Waals surface area contributed by atoms with Gasteiger partial charge in [-0.3, -0.25) is 9.69 Å². The number of fused-ring (bicyclic) bond motifs is 1. The van der Waals surface area contributed by atoms with E-state index in [4.69, 9.17) is 4.74 Å². The van der Waals surface area contributed by atoms with E-state index in [0.29, 0.717) is 12.2 Å². The average Bonchev–Trinajstić information content (AvgIpc) is 2.60. The molecular weight excluding hydrogens is 340 g/mol. The number of nitrogens with zero attached hydrogens (tertiary/aromatic N) is 2. The molecule has 1 aliphatic rings. The van der Waals surface area contributed by atoms with Crippen LogP contribution in [0.15, 0.2) is 42.5 Å². The van der Waals surface area contributed by atoms with Crippen LogP contribution in [0.25, 0.3) is 11.1 Å². The summed E-state index contributed by atoms with van der Waals surface area (Å²) < 4.78 is 5.44. The van der Waals surface area contributed by atoms with E-state index in [1.165, 1.54) is 5.56 Å². The van der Waals surface area contributed by atoms with E-state index < -0.39 is 0 Å². The molecule has 5 nitrogen and oxygen atoms in total. The van der Waals surface area contributed by atoms with Crippen LogP contribution in [0.3, 0.4) is 0 Å². The summed E-state index contributed by atoms with van der Waals surface area (Å²) in [6.07, 6.45) is -0.593. The quantitative estimate of drug-likeness (QED) is 0.769. The molecule has 0 saturated carbocycles. The highest BCUT2D eigenvalue weighted by molar-refractivity contribution is 6.03. The van der Waals surface area contributed by atoms with Crippen LogP contribution in [0.5, 0.6) is 0 Å². The van der Waals surface area contributed by atoms with Crippen LogP contribution >= 0.6 is 0 Å². The second-order valence-corrected chi connectivity index (χ2v) is 7.35. The number of benzene rings is 2. The Morgan fingerprint density at radius 2 is 1.67 bits per heavy atom. The second-order valence-electron chi connectivity index (χ2n) is 7.35. The highest BCUT2D eigenvalue weighted by Gasteiger charge is 2.34. The third-order valence-electron chi connectivity index (χ3n) is 4.69. The van der Waals surface area contributed by atoms with Crippen LogP contribution in [-0.2, 0) is 9.53 Å². The van der Waals surface area contributed by atoms with Crippen molar-refractivity contribution in [2.24, 2.45) is 0 Å². The summed E-state index contributed by atoms with van der Waals surface area (Å²) in [6, 6.07) is 14.0. The van der Waals surface area contributed by atoms with Crippen molar-refractivity contribution in [3.8, 4) is 11.1 Å². The molecule has 3 rings (SSSR count). The lowest BCUT2D eigenvalue weighted by Gasteiger charge is -2.40. The highest BCUT2D eigenvalue weighted by atomic mass is 16.6. The Morgan fingerprint density at radius 3 is 2.26 bits per heavy atom. The fourth-order valence-corrected chi connectivity index (χ4v) is 3.47. The fraction of sp³-hybridized carbons (Fsp3) is 0.364. The first-order valence-electron chi connectivity index (χ1n) is 9.27. The van der Waals surface area contributed by atoms with Gasteiger partial charge in [0, 0.05) is 13.5 Å². The topological polar surface area (TPSA) is 49.9 Å². The lowest BCUT2D eigenvalue weighted by molar-refractivity contribution is -0.117. The number of anilines is 2. The van der Waals surface area contributed by atoms with Crippen molar-refractivity contribution in [1.29, 1.82) is 0 Å². The standard InChI is InChI=1S/C22H26N2O3/c1-14(2)27-22(26)23-13-16(4)24(17(5)25)20-11-10-19(12-21(20)23)18-8-6-15(3)7-9-18/h6-12,14,16H,13H2,1-5H3. The zero-order valence-corrected chi connectivity index (χ0v) is 16.5. The summed E-state index contributed by atoms with van der Waals surface area (Å²) in [5.41, 5.74) is 4.68. The second kappa shape index (κ2) is 7.43. The van der Waals surface area contributed by atoms with E-state index in [-0.39, 0.29) is 24.1 Å². The average molecular weight is 366 g/mol. The van der Waals surface area contributed by atoms with Gasteiger partial charge in [-0.15, -0.1) is 0 Å². The lowest BCUT2D eigenvalue weighted by Crippen LogP contribution is -2.51. The maximum atomic E-state index is 12.7. The number of carbonyl (C=O) groups is 2. The van der Waals surface area contributed by atoms with E-state index in [1.807, 2.05) is 45.9 Å². The first-order valence-corrected chi connectivity index (χ1v) is 9.27. The number of hydrogen-bond acceptors (Lipinski definition) is 3. The van der Waals surface area contributed by atoms with Gasteiger partial charge in [-0.05, 0) is 51.0 Å². The molecule has 0 bridgehead atoms. The maximum absolute atomic E-state index is 12.7. The molecule has 0 N–H and O–H groups in total. The van der Waals surface area contributed by atoms with Crippen LogP contribution in [0.2, 0.25) is 0 Å². The number of carbonyl (C=O) groups excluding carboxylic acids is 2. The van der Waals surface area contributed by atoms with E-state index in [0.717, 1.165) is 16.8 Å². The minimum absolute atomic E-state index is 0.0382. The first-order chi connectivity index (χ1) is 12.8. The van der Waals surface area contributed by atoms with Gasteiger partial charge in [-0.2, -0.15) is 0 Å². The summed E-state index contributed by atoms with van der Waals surface area (Å²) in [6.45, 7) is 9.60. The largest absolute Gasteiger partial charge is 0.446 e.